The highest BCUT2D eigenvalue weighted by molar-refractivity contribution is 8.02. The van der Waals surface area contributed by atoms with Crippen molar-refractivity contribution in [3.05, 3.63) is 59.7 Å². The summed E-state index contributed by atoms with van der Waals surface area (Å²) in [5, 5.41) is 2.71. The third-order valence-electron chi connectivity index (χ3n) is 4.02. The van der Waals surface area contributed by atoms with Crippen molar-refractivity contribution < 1.29 is 18.0 Å². The summed E-state index contributed by atoms with van der Waals surface area (Å²) in [5.74, 6) is -0.567. The van der Waals surface area contributed by atoms with Crippen LogP contribution in [-0.2, 0) is 9.84 Å². The number of thioether (sulfide) groups is 1. The van der Waals surface area contributed by atoms with Gasteiger partial charge in [-0.05, 0) is 36.8 Å². The van der Waals surface area contributed by atoms with Crippen molar-refractivity contribution >= 4 is 39.1 Å². The number of hydrogen-bond acceptors (Lipinski definition) is 5. The van der Waals surface area contributed by atoms with E-state index in [0.29, 0.717) is 23.2 Å². The lowest BCUT2D eigenvalue weighted by molar-refractivity contribution is 0.0995. The normalized spacial score (nSPS) is 18.4. The number of benzene rings is 2. The fraction of sp³-hybridized carbons (Fsp3) is 0.222. The van der Waals surface area contributed by atoms with Crippen molar-refractivity contribution in [2.24, 2.45) is 5.73 Å². The maximum atomic E-state index is 12.7. The molecule has 0 spiro atoms. The minimum absolute atomic E-state index is 0.0489. The van der Waals surface area contributed by atoms with E-state index in [0.717, 1.165) is 4.90 Å². The second kappa shape index (κ2) is 7.51. The first kappa shape index (κ1) is 18.5. The van der Waals surface area contributed by atoms with Crippen LogP contribution < -0.4 is 11.1 Å². The molecule has 8 heteroatoms. The standard InChI is InChI=1S/C18H18N2O4S2/c19-17(21)12-4-3-5-13(10-12)20-18(22)15-6-1-2-7-16(15)25-14-8-9-26(23,24)11-14/h1-7,10,14H,8-9,11H2,(H2,19,21)(H,20,22). The van der Waals surface area contributed by atoms with Gasteiger partial charge in [-0.3, -0.25) is 9.59 Å². The van der Waals surface area contributed by atoms with Gasteiger partial charge in [-0.2, -0.15) is 0 Å². The largest absolute Gasteiger partial charge is 0.366 e. The Balaban J connectivity index is 1.78. The van der Waals surface area contributed by atoms with E-state index in [-0.39, 0.29) is 22.7 Å². The zero-order chi connectivity index (χ0) is 18.7. The van der Waals surface area contributed by atoms with Gasteiger partial charge in [0.05, 0.1) is 17.1 Å². The molecule has 3 N–H and O–H groups in total. The summed E-state index contributed by atoms with van der Waals surface area (Å²) >= 11 is 1.41. The Morgan fingerprint density at radius 2 is 1.88 bits per heavy atom. The van der Waals surface area contributed by atoms with Crippen molar-refractivity contribution in [2.45, 2.75) is 16.6 Å². The van der Waals surface area contributed by atoms with Crippen LogP contribution in [0.25, 0.3) is 0 Å². The second-order valence-electron chi connectivity index (χ2n) is 6.04. The van der Waals surface area contributed by atoms with Crippen molar-refractivity contribution in [3.63, 3.8) is 0 Å². The number of carbonyl (C=O) groups is 2. The SMILES string of the molecule is NC(=O)c1cccc(NC(=O)c2ccccc2SC2CCS(=O)(=O)C2)c1. The molecule has 1 heterocycles. The summed E-state index contributed by atoms with van der Waals surface area (Å²) in [4.78, 5) is 24.7. The lowest BCUT2D eigenvalue weighted by atomic mass is 10.1. The van der Waals surface area contributed by atoms with Crippen LogP contribution in [0, 0.1) is 0 Å². The van der Waals surface area contributed by atoms with Crippen molar-refractivity contribution in [1.82, 2.24) is 0 Å². The highest BCUT2D eigenvalue weighted by Crippen LogP contribution is 2.33. The molecule has 0 saturated carbocycles. The minimum atomic E-state index is -2.98. The van der Waals surface area contributed by atoms with Crippen LogP contribution >= 0.6 is 11.8 Å². The van der Waals surface area contributed by atoms with E-state index < -0.39 is 15.7 Å². The van der Waals surface area contributed by atoms with Crippen LogP contribution in [0.15, 0.2) is 53.4 Å². The molecule has 2 amide bonds. The number of hydrogen-bond donors (Lipinski definition) is 2. The first-order valence-corrected chi connectivity index (χ1v) is 10.7. The van der Waals surface area contributed by atoms with E-state index in [9.17, 15) is 18.0 Å². The molecular weight excluding hydrogens is 372 g/mol. The number of anilines is 1. The number of nitrogens with two attached hydrogens (primary N) is 1. The number of sulfone groups is 1. The molecule has 0 bridgehead atoms. The molecular formula is C18H18N2O4S2. The van der Waals surface area contributed by atoms with Crippen LogP contribution in [0.4, 0.5) is 5.69 Å². The fourth-order valence-electron chi connectivity index (χ4n) is 2.74. The predicted octanol–water partition coefficient (Wildman–Crippen LogP) is 2.32. The molecule has 1 unspecified atom stereocenters. The summed E-state index contributed by atoms with van der Waals surface area (Å²) in [7, 11) is -2.98. The van der Waals surface area contributed by atoms with E-state index in [2.05, 4.69) is 5.32 Å². The Labute approximate surface area is 156 Å². The van der Waals surface area contributed by atoms with E-state index in [1.807, 2.05) is 12.1 Å². The van der Waals surface area contributed by atoms with E-state index in [1.165, 1.54) is 17.8 Å². The van der Waals surface area contributed by atoms with Crippen LogP contribution in [0.2, 0.25) is 0 Å². The van der Waals surface area contributed by atoms with Crippen molar-refractivity contribution in [2.75, 3.05) is 16.8 Å². The first-order valence-electron chi connectivity index (χ1n) is 8.01. The van der Waals surface area contributed by atoms with Gasteiger partial charge in [-0.15, -0.1) is 11.8 Å². The molecule has 1 fully saturated rings. The van der Waals surface area contributed by atoms with Gasteiger partial charge >= 0.3 is 0 Å². The molecule has 2 aromatic rings. The van der Waals surface area contributed by atoms with Crippen LogP contribution in [0.1, 0.15) is 27.1 Å². The Morgan fingerprint density at radius 3 is 2.58 bits per heavy atom. The van der Waals surface area contributed by atoms with Crippen molar-refractivity contribution in [3.8, 4) is 0 Å². The zero-order valence-corrected chi connectivity index (χ0v) is 15.5. The van der Waals surface area contributed by atoms with Crippen LogP contribution in [0.3, 0.4) is 0 Å². The summed E-state index contributed by atoms with van der Waals surface area (Å²) in [6.07, 6.45) is 0.587. The maximum absolute atomic E-state index is 12.7. The van der Waals surface area contributed by atoms with E-state index >= 15 is 0 Å². The van der Waals surface area contributed by atoms with Gasteiger partial charge in [0.15, 0.2) is 9.84 Å². The Hall–Kier alpha value is -2.32. The third kappa shape index (κ3) is 4.44. The number of nitrogens with one attached hydrogen (secondary N) is 1. The van der Waals surface area contributed by atoms with Gasteiger partial charge < -0.3 is 11.1 Å². The summed E-state index contributed by atoms with van der Waals surface area (Å²) in [6, 6.07) is 13.5. The molecule has 1 aliphatic rings. The molecule has 6 nitrogen and oxygen atoms in total. The number of amides is 2. The highest BCUT2D eigenvalue weighted by atomic mass is 32.2. The average Bonchev–Trinajstić information content (AvgIpc) is 2.94. The topological polar surface area (TPSA) is 106 Å². The lowest BCUT2D eigenvalue weighted by Crippen LogP contribution is -2.15. The van der Waals surface area contributed by atoms with Gasteiger partial charge in [0, 0.05) is 21.4 Å². The molecule has 1 aliphatic heterocycles. The van der Waals surface area contributed by atoms with E-state index in [1.54, 1.807) is 30.3 Å². The predicted molar refractivity (Wildman–Crippen MR) is 102 cm³/mol. The highest BCUT2D eigenvalue weighted by Gasteiger charge is 2.29. The maximum Gasteiger partial charge on any atom is 0.256 e. The summed E-state index contributed by atoms with van der Waals surface area (Å²) in [5.41, 5.74) is 6.50. The summed E-state index contributed by atoms with van der Waals surface area (Å²) < 4.78 is 23.3. The second-order valence-corrected chi connectivity index (χ2v) is 9.61. The minimum Gasteiger partial charge on any atom is -0.366 e. The van der Waals surface area contributed by atoms with Crippen LogP contribution in [-0.4, -0.2) is 37.0 Å². The number of primary amides is 1. The van der Waals surface area contributed by atoms with Gasteiger partial charge in [0.25, 0.3) is 5.91 Å². The van der Waals surface area contributed by atoms with Gasteiger partial charge in [0.2, 0.25) is 5.91 Å². The van der Waals surface area contributed by atoms with Gasteiger partial charge in [0.1, 0.15) is 0 Å². The Morgan fingerprint density at radius 1 is 1.12 bits per heavy atom. The van der Waals surface area contributed by atoms with Crippen molar-refractivity contribution in [1.29, 1.82) is 0 Å². The summed E-state index contributed by atoms with van der Waals surface area (Å²) in [6.45, 7) is 0. The Bertz CT molecular complexity index is 957. The van der Waals surface area contributed by atoms with Crippen LogP contribution in [0.5, 0.6) is 0 Å². The molecule has 26 heavy (non-hydrogen) atoms. The fourth-order valence-corrected chi connectivity index (χ4v) is 6.37. The average molecular weight is 390 g/mol. The zero-order valence-electron chi connectivity index (χ0n) is 13.8. The number of rotatable bonds is 5. The molecule has 0 aromatic heterocycles. The first-order chi connectivity index (χ1) is 12.3. The molecule has 136 valence electrons. The van der Waals surface area contributed by atoms with Gasteiger partial charge in [-0.25, -0.2) is 8.42 Å². The van der Waals surface area contributed by atoms with E-state index in [4.69, 9.17) is 5.73 Å². The Kier molecular flexibility index (Phi) is 5.33. The molecule has 0 aliphatic carbocycles. The molecule has 1 saturated heterocycles. The quantitative estimate of drug-likeness (QED) is 0.815. The third-order valence-corrected chi connectivity index (χ3v) is 7.35. The molecule has 0 radical (unpaired) electrons. The molecule has 1 atom stereocenters. The monoisotopic (exact) mass is 390 g/mol. The van der Waals surface area contributed by atoms with Gasteiger partial charge in [-0.1, -0.05) is 18.2 Å². The lowest BCUT2D eigenvalue weighted by Gasteiger charge is -2.13. The number of carbonyl (C=O) groups excluding carboxylic acids is 2. The smallest absolute Gasteiger partial charge is 0.256 e. The molecule has 3 rings (SSSR count). The molecule has 2 aromatic carbocycles.